The normalized spacial score (nSPS) is 15.8. The fourth-order valence-electron chi connectivity index (χ4n) is 3.16. The van der Waals surface area contributed by atoms with Crippen LogP contribution in [0.1, 0.15) is 45.7 Å². The number of carbonyl (C=O) groups is 2. The second-order valence-corrected chi connectivity index (χ2v) is 8.38. The van der Waals surface area contributed by atoms with Gasteiger partial charge in [0.2, 0.25) is 11.8 Å². The van der Waals surface area contributed by atoms with E-state index in [-0.39, 0.29) is 36.5 Å². The van der Waals surface area contributed by atoms with E-state index in [1.54, 1.807) is 11.9 Å². The van der Waals surface area contributed by atoms with Crippen LogP contribution in [0.3, 0.4) is 0 Å². The molecular formula is C21H33N3O4. The highest BCUT2D eigenvalue weighted by Crippen LogP contribution is 2.35. The summed E-state index contributed by atoms with van der Waals surface area (Å²) in [6.45, 7) is 11.0. The Balaban J connectivity index is 1.90. The molecule has 0 aliphatic carbocycles. The zero-order valence-corrected chi connectivity index (χ0v) is 17.8. The highest BCUT2D eigenvalue weighted by Gasteiger charge is 2.22. The van der Waals surface area contributed by atoms with Crippen LogP contribution < -0.4 is 20.1 Å². The number of likely N-dealkylation sites (N-methyl/N-ethyl adjacent to an activating group) is 1. The van der Waals surface area contributed by atoms with Gasteiger partial charge in [0.25, 0.3) is 0 Å². The van der Waals surface area contributed by atoms with Gasteiger partial charge in [-0.2, -0.15) is 0 Å². The Hall–Kier alpha value is -2.28. The minimum absolute atomic E-state index is 0.105. The van der Waals surface area contributed by atoms with Crippen molar-refractivity contribution in [1.29, 1.82) is 0 Å². The molecule has 1 aliphatic heterocycles. The Morgan fingerprint density at radius 1 is 1.25 bits per heavy atom. The third-order valence-corrected chi connectivity index (χ3v) is 4.20. The molecule has 0 unspecified atom stereocenters. The monoisotopic (exact) mass is 391 g/mol. The Morgan fingerprint density at radius 3 is 2.57 bits per heavy atom. The van der Waals surface area contributed by atoms with E-state index >= 15 is 0 Å². The Bertz CT molecular complexity index is 712. The number of amides is 2. The number of fused-ring (bicyclic) bond motifs is 1. The third kappa shape index (κ3) is 6.71. The fourth-order valence-corrected chi connectivity index (χ4v) is 3.16. The Labute approximate surface area is 167 Å². The summed E-state index contributed by atoms with van der Waals surface area (Å²) in [6.07, 6.45) is 1.02. The number of nitrogens with zero attached hydrogens (tertiary/aromatic N) is 1. The molecule has 1 atom stereocenters. The molecule has 0 radical (unpaired) electrons. The van der Waals surface area contributed by atoms with Gasteiger partial charge in [-0.15, -0.1) is 0 Å². The van der Waals surface area contributed by atoms with Gasteiger partial charge in [0, 0.05) is 29.6 Å². The average molecular weight is 392 g/mol. The molecule has 0 spiro atoms. The van der Waals surface area contributed by atoms with E-state index in [1.165, 1.54) is 0 Å². The quantitative estimate of drug-likeness (QED) is 0.707. The van der Waals surface area contributed by atoms with Crippen LogP contribution >= 0.6 is 0 Å². The second kappa shape index (κ2) is 9.28. The lowest BCUT2D eigenvalue weighted by atomic mass is 10.1. The summed E-state index contributed by atoms with van der Waals surface area (Å²) in [5, 5.41) is 5.79. The molecule has 7 heteroatoms. The van der Waals surface area contributed by atoms with E-state index in [4.69, 9.17) is 9.47 Å². The topological polar surface area (TPSA) is 79.9 Å². The van der Waals surface area contributed by atoms with Gasteiger partial charge >= 0.3 is 0 Å². The fraction of sp³-hybridized carbons (Fsp3) is 0.619. The van der Waals surface area contributed by atoms with Crippen molar-refractivity contribution < 1.29 is 19.1 Å². The van der Waals surface area contributed by atoms with Crippen LogP contribution in [0.4, 0.5) is 0 Å². The van der Waals surface area contributed by atoms with Crippen molar-refractivity contribution in [3.05, 3.63) is 23.3 Å². The maximum Gasteiger partial charge on any atom is 0.234 e. The maximum absolute atomic E-state index is 12.3. The Kier molecular flexibility index (Phi) is 7.29. The molecule has 1 aromatic rings. The summed E-state index contributed by atoms with van der Waals surface area (Å²) in [6, 6.07) is 3.96. The molecule has 156 valence electrons. The number of benzene rings is 1. The lowest BCUT2D eigenvalue weighted by Crippen LogP contribution is -2.46. The summed E-state index contributed by atoms with van der Waals surface area (Å²) < 4.78 is 11.6. The summed E-state index contributed by atoms with van der Waals surface area (Å²) >= 11 is 0. The van der Waals surface area contributed by atoms with Gasteiger partial charge < -0.3 is 20.1 Å². The first kappa shape index (κ1) is 22.0. The minimum Gasteiger partial charge on any atom is -0.494 e. The molecule has 28 heavy (non-hydrogen) atoms. The van der Waals surface area contributed by atoms with Crippen LogP contribution in [-0.4, -0.2) is 55.1 Å². The summed E-state index contributed by atoms with van der Waals surface area (Å²) in [5.41, 5.74) is 1.73. The van der Waals surface area contributed by atoms with Crippen molar-refractivity contribution >= 4 is 11.8 Å². The number of nitrogens with one attached hydrogen (secondary N) is 2. The molecule has 0 saturated heterocycles. The number of hydrogen-bond donors (Lipinski definition) is 2. The molecule has 2 N–H and O–H groups in total. The highest BCUT2D eigenvalue weighted by molar-refractivity contribution is 5.81. The van der Waals surface area contributed by atoms with E-state index in [9.17, 15) is 9.59 Å². The van der Waals surface area contributed by atoms with Gasteiger partial charge in [0.1, 0.15) is 17.6 Å². The average Bonchev–Trinajstić information content (AvgIpc) is 2.89. The largest absolute Gasteiger partial charge is 0.494 e. The summed E-state index contributed by atoms with van der Waals surface area (Å²) in [4.78, 5) is 25.9. The molecule has 2 rings (SSSR count). The van der Waals surface area contributed by atoms with Gasteiger partial charge in [0.15, 0.2) is 0 Å². The second-order valence-electron chi connectivity index (χ2n) is 8.38. The molecule has 0 aromatic heterocycles. The smallest absolute Gasteiger partial charge is 0.234 e. The first-order chi connectivity index (χ1) is 13.1. The number of carbonyl (C=O) groups excluding carboxylic acids is 2. The number of rotatable bonds is 8. The van der Waals surface area contributed by atoms with E-state index in [0.29, 0.717) is 13.2 Å². The van der Waals surface area contributed by atoms with Crippen LogP contribution in [-0.2, 0) is 22.6 Å². The lowest BCUT2D eigenvalue weighted by Gasteiger charge is -2.23. The molecule has 1 heterocycles. The van der Waals surface area contributed by atoms with E-state index in [2.05, 4.69) is 10.6 Å². The van der Waals surface area contributed by atoms with E-state index < -0.39 is 0 Å². The minimum atomic E-state index is -0.289. The van der Waals surface area contributed by atoms with Crippen LogP contribution in [0.5, 0.6) is 11.5 Å². The zero-order chi connectivity index (χ0) is 20.9. The number of hydrogen-bond acceptors (Lipinski definition) is 5. The standard InChI is InChI=1S/C21H33N3O4/c1-7-27-17-9-15-8-14(2)28-18(15)10-16(17)11-22-19(25)12-24(6)13-20(26)23-21(3,4)5/h9-10,14H,7-8,11-13H2,1-6H3,(H,22,25)(H,23,26)/t14-/m0/s1. The van der Waals surface area contributed by atoms with Crippen LogP contribution in [0.2, 0.25) is 0 Å². The lowest BCUT2D eigenvalue weighted by molar-refractivity contribution is -0.125. The first-order valence-electron chi connectivity index (χ1n) is 9.79. The van der Waals surface area contributed by atoms with Crippen LogP contribution in [0.15, 0.2) is 12.1 Å². The van der Waals surface area contributed by atoms with Crippen LogP contribution in [0, 0.1) is 0 Å². The maximum atomic E-state index is 12.3. The SMILES string of the molecule is CCOc1cc2c(cc1CNC(=O)CN(C)CC(=O)NC(C)(C)C)O[C@@H](C)C2. The molecule has 0 fully saturated rings. The highest BCUT2D eigenvalue weighted by atomic mass is 16.5. The van der Waals surface area contributed by atoms with Crippen LogP contribution in [0.25, 0.3) is 0 Å². The van der Waals surface area contributed by atoms with Crippen molar-refractivity contribution in [3.63, 3.8) is 0 Å². The van der Waals surface area contributed by atoms with Crippen molar-refractivity contribution in [2.75, 3.05) is 26.7 Å². The van der Waals surface area contributed by atoms with Gasteiger partial charge in [0.05, 0.1) is 19.7 Å². The van der Waals surface area contributed by atoms with Gasteiger partial charge in [-0.25, -0.2) is 0 Å². The Morgan fingerprint density at radius 2 is 1.93 bits per heavy atom. The summed E-state index contributed by atoms with van der Waals surface area (Å²) in [5.74, 6) is 1.38. The van der Waals surface area contributed by atoms with Crippen molar-refractivity contribution in [3.8, 4) is 11.5 Å². The third-order valence-electron chi connectivity index (χ3n) is 4.20. The molecule has 0 saturated carbocycles. The number of ether oxygens (including phenoxy) is 2. The molecule has 0 bridgehead atoms. The zero-order valence-electron chi connectivity index (χ0n) is 17.8. The van der Waals surface area contributed by atoms with Crippen molar-refractivity contribution in [1.82, 2.24) is 15.5 Å². The first-order valence-corrected chi connectivity index (χ1v) is 9.79. The van der Waals surface area contributed by atoms with Gasteiger partial charge in [-0.05, 0) is 53.8 Å². The van der Waals surface area contributed by atoms with Crippen molar-refractivity contribution in [2.45, 2.75) is 59.2 Å². The predicted octanol–water partition coefficient (Wildman–Crippen LogP) is 1.87. The van der Waals surface area contributed by atoms with E-state index in [1.807, 2.05) is 46.8 Å². The molecular weight excluding hydrogens is 358 g/mol. The van der Waals surface area contributed by atoms with Gasteiger partial charge in [-0.1, -0.05) is 0 Å². The predicted molar refractivity (Wildman–Crippen MR) is 109 cm³/mol. The molecule has 1 aromatic carbocycles. The molecule has 1 aliphatic rings. The van der Waals surface area contributed by atoms with E-state index in [0.717, 1.165) is 29.0 Å². The molecule has 7 nitrogen and oxygen atoms in total. The van der Waals surface area contributed by atoms with Gasteiger partial charge in [-0.3, -0.25) is 14.5 Å². The van der Waals surface area contributed by atoms with Crippen molar-refractivity contribution in [2.24, 2.45) is 0 Å². The summed E-state index contributed by atoms with van der Waals surface area (Å²) in [7, 11) is 1.75. The molecule has 2 amide bonds.